The maximum absolute atomic E-state index is 11.3. The van der Waals surface area contributed by atoms with E-state index in [0.717, 1.165) is 11.3 Å². The average Bonchev–Trinajstić information content (AvgIpc) is 2.61. The van der Waals surface area contributed by atoms with Gasteiger partial charge in [0.05, 0.1) is 24.0 Å². The molecule has 0 atom stereocenters. The Morgan fingerprint density at radius 1 is 1.32 bits per heavy atom. The standard InChI is InChI=1S/C11H18N4O3S/c1-5(2)18-4-3-15-11-6(9(13)16)7(12)8(19-11)10(14)17/h5,15H,3-4,12H2,1-2H3,(H2,13,16)(H2,14,17). The summed E-state index contributed by atoms with van der Waals surface area (Å²) in [6.45, 7) is 4.77. The number of anilines is 2. The summed E-state index contributed by atoms with van der Waals surface area (Å²) in [4.78, 5) is 22.6. The summed E-state index contributed by atoms with van der Waals surface area (Å²) in [6, 6.07) is 0. The second-order valence-electron chi connectivity index (χ2n) is 4.12. The van der Waals surface area contributed by atoms with Crippen molar-refractivity contribution in [3.63, 3.8) is 0 Å². The lowest BCUT2D eigenvalue weighted by Crippen LogP contribution is -2.18. The van der Waals surface area contributed by atoms with Gasteiger partial charge < -0.3 is 27.3 Å². The highest BCUT2D eigenvalue weighted by Gasteiger charge is 2.22. The summed E-state index contributed by atoms with van der Waals surface area (Å²) in [5.74, 6) is -1.38. The lowest BCUT2D eigenvalue weighted by molar-refractivity contribution is 0.0870. The van der Waals surface area contributed by atoms with Gasteiger partial charge in [-0.05, 0) is 13.8 Å². The Kier molecular flexibility index (Phi) is 5.13. The number of nitrogens with two attached hydrogens (primary N) is 3. The number of carbonyl (C=O) groups excluding carboxylic acids is 2. The van der Waals surface area contributed by atoms with Crippen LogP contribution >= 0.6 is 11.3 Å². The minimum Gasteiger partial charge on any atom is -0.397 e. The molecule has 106 valence electrons. The van der Waals surface area contributed by atoms with E-state index in [2.05, 4.69) is 5.32 Å². The summed E-state index contributed by atoms with van der Waals surface area (Å²) in [6.07, 6.45) is 0.118. The zero-order chi connectivity index (χ0) is 14.6. The Morgan fingerprint density at radius 2 is 1.95 bits per heavy atom. The van der Waals surface area contributed by atoms with Gasteiger partial charge in [0.15, 0.2) is 0 Å². The van der Waals surface area contributed by atoms with Crippen LogP contribution < -0.4 is 22.5 Å². The second kappa shape index (κ2) is 6.39. The molecule has 0 bridgehead atoms. The first-order valence-corrected chi connectivity index (χ1v) is 6.53. The van der Waals surface area contributed by atoms with Crippen LogP contribution in [-0.2, 0) is 4.74 Å². The summed E-state index contributed by atoms with van der Waals surface area (Å²) in [7, 11) is 0. The van der Waals surface area contributed by atoms with Gasteiger partial charge in [0, 0.05) is 6.54 Å². The third-order valence-corrected chi connectivity index (χ3v) is 3.43. The third-order valence-electron chi connectivity index (χ3n) is 2.25. The first-order valence-electron chi connectivity index (χ1n) is 5.72. The van der Waals surface area contributed by atoms with E-state index >= 15 is 0 Å². The lowest BCUT2D eigenvalue weighted by Gasteiger charge is -2.09. The Labute approximate surface area is 115 Å². The van der Waals surface area contributed by atoms with Gasteiger partial charge in [-0.2, -0.15) is 0 Å². The molecule has 0 aliphatic heterocycles. The van der Waals surface area contributed by atoms with Crippen LogP contribution in [0.3, 0.4) is 0 Å². The van der Waals surface area contributed by atoms with Crippen molar-refractivity contribution in [2.24, 2.45) is 11.5 Å². The molecule has 1 aromatic rings. The lowest BCUT2D eigenvalue weighted by atomic mass is 10.2. The number of nitrogens with one attached hydrogen (secondary N) is 1. The van der Waals surface area contributed by atoms with Crippen molar-refractivity contribution >= 4 is 33.8 Å². The van der Waals surface area contributed by atoms with E-state index in [1.54, 1.807) is 0 Å². The smallest absolute Gasteiger partial charge is 0.260 e. The van der Waals surface area contributed by atoms with Crippen molar-refractivity contribution < 1.29 is 14.3 Å². The van der Waals surface area contributed by atoms with Crippen LogP contribution in [0, 0.1) is 0 Å². The molecule has 0 fully saturated rings. The summed E-state index contributed by atoms with van der Waals surface area (Å²) >= 11 is 1.01. The highest BCUT2D eigenvalue weighted by atomic mass is 32.1. The van der Waals surface area contributed by atoms with Gasteiger partial charge in [-0.25, -0.2) is 0 Å². The topological polar surface area (TPSA) is 133 Å². The van der Waals surface area contributed by atoms with Crippen molar-refractivity contribution in [1.82, 2.24) is 0 Å². The van der Waals surface area contributed by atoms with E-state index in [0.29, 0.717) is 18.2 Å². The Bertz CT molecular complexity index is 485. The van der Waals surface area contributed by atoms with E-state index in [-0.39, 0.29) is 22.2 Å². The van der Waals surface area contributed by atoms with Gasteiger partial charge in [0.25, 0.3) is 11.8 Å². The molecule has 0 unspecified atom stereocenters. The van der Waals surface area contributed by atoms with Gasteiger partial charge in [0.2, 0.25) is 0 Å². The van der Waals surface area contributed by atoms with Crippen LogP contribution in [0.2, 0.25) is 0 Å². The van der Waals surface area contributed by atoms with Crippen LogP contribution in [0.1, 0.15) is 33.9 Å². The van der Waals surface area contributed by atoms with Crippen LogP contribution in [-0.4, -0.2) is 31.1 Å². The zero-order valence-corrected chi connectivity index (χ0v) is 11.7. The maximum Gasteiger partial charge on any atom is 0.260 e. The highest BCUT2D eigenvalue weighted by Crippen LogP contribution is 2.34. The molecule has 7 nitrogen and oxygen atoms in total. The van der Waals surface area contributed by atoms with Crippen LogP contribution in [0.5, 0.6) is 0 Å². The molecule has 0 aromatic carbocycles. The molecule has 0 spiro atoms. The average molecular weight is 286 g/mol. The Balaban J connectivity index is 2.84. The van der Waals surface area contributed by atoms with Crippen molar-refractivity contribution in [2.75, 3.05) is 24.2 Å². The zero-order valence-electron chi connectivity index (χ0n) is 10.9. The SMILES string of the molecule is CC(C)OCCNc1sc(C(N)=O)c(N)c1C(N)=O. The van der Waals surface area contributed by atoms with Gasteiger partial charge in [-0.15, -0.1) is 11.3 Å². The number of hydrogen-bond donors (Lipinski definition) is 4. The van der Waals surface area contributed by atoms with E-state index in [4.69, 9.17) is 21.9 Å². The fraction of sp³-hybridized carbons (Fsp3) is 0.455. The summed E-state index contributed by atoms with van der Waals surface area (Å²) < 4.78 is 5.35. The third kappa shape index (κ3) is 3.83. The number of hydrogen-bond acceptors (Lipinski definition) is 6. The van der Waals surface area contributed by atoms with Gasteiger partial charge in [0.1, 0.15) is 9.88 Å². The summed E-state index contributed by atoms with van der Waals surface area (Å²) in [5, 5.41) is 3.41. The first kappa shape index (κ1) is 15.3. The monoisotopic (exact) mass is 286 g/mol. The van der Waals surface area contributed by atoms with Crippen molar-refractivity contribution in [3.8, 4) is 0 Å². The van der Waals surface area contributed by atoms with Gasteiger partial charge >= 0.3 is 0 Å². The fourth-order valence-electron chi connectivity index (χ4n) is 1.46. The molecule has 19 heavy (non-hydrogen) atoms. The first-order chi connectivity index (χ1) is 8.84. The van der Waals surface area contributed by atoms with Crippen LogP contribution in [0.4, 0.5) is 10.7 Å². The van der Waals surface area contributed by atoms with Gasteiger partial charge in [-0.1, -0.05) is 0 Å². The Morgan fingerprint density at radius 3 is 2.42 bits per heavy atom. The van der Waals surface area contributed by atoms with Crippen molar-refractivity contribution in [3.05, 3.63) is 10.4 Å². The maximum atomic E-state index is 11.3. The molecule has 0 saturated carbocycles. The van der Waals surface area contributed by atoms with E-state index in [9.17, 15) is 9.59 Å². The molecule has 0 aliphatic carbocycles. The largest absolute Gasteiger partial charge is 0.397 e. The van der Waals surface area contributed by atoms with Crippen LogP contribution in [0.15, 0.2) is 0 Å². The number of amides is 2. The Hall–Kier alpha value is -1.80. The highest BCUT2D eigenvalue weighted by molar-refractivity contribution is 7.19. The number of nitrogen functional groups attached to an aromatic ring is 1. The van der Waals surface area contributed by atoms with Crippen molar-refractivity contribution in [1.29, 1.82) is 0 Å². The molecule has 1 rings (SSSR count). The molecule has 8 heteroatoms. The number of ether oxygens (including phenoxy) is 1. The molecular formula is C11H18N4O3S. The normalized spacial score (nSPS) is 10.7. The van der Waals surface area contributed by atoms with Crippen LogP contribution in [0.25, 0.3) is 0 Å². The number of primary amides is 2. The predicted molar refractivity (Wildman–Crippen MR) is 75.3 cm³/mol. The van der Waals surface area contributed by atoms with E-state index < -0.39 is 11.8 Å². The number of carbonyl (C=O) groups is 2. The van der Waals surface area contributed by atoms with Crippen molar-refractivity contribution in [2.45, 2.75) is 20.0 Å². The molecular weight excluding hydrogens is 268 g/mol. The van der Waals surface area contributed by atoms with E-state index in [1.165, 1.54) is 0 Å². The second-order valence-corrected chi connectivity index (χ2v) is 5.14. The molecule has 0 saturated heterocycles. The summed E-state index contributed by atoms with van der Waals surface area (Å²) in [5.41, 5.74) is 16.2. The molecule has 0 radical (unpaired) electrons. The number of rotatable bonds is 7. The van der Waals surface area contributed by atoms with E-state index in [1.807, 2.05) is 13.8 Å². The molecule has 1 aromatic heterocycles. The molecule has 2 amide bonds. The minimum atomic E-state index is -0.700. The fourth-order valence-corrected chi connectivity index (χ4v) is 2.46. The molecule has 0 aliphatic rings. The minimum absolute atomic E-state index is 0.0253. The molecule has 1 heterocycles. The number of thiophene rings is 1. The molecule has 7 N–H and O–H groups in total. The quantitative estimate of drug-likeness (QED) is 0.537. The predicted octanol–water partition coefficient (Wildman–Crippen LogP) is 0.365. The van der Waals surface area contributed by atoms with Gasteiger partial charge in [-0.3, -0.25) is 9.59 Å².